The Morgan fingerprint density at radius 3 is 2.73 bits per heavy atom. The van der Waals surface area contributed by atoms with Crippen LogP contribution in [-0.4, -0.2) is 50.7 Å². The Labute approximate surface area is 210 Å². The van der Waals surface area contributed by atoms with Crippen molar-refractivity contribution in [1.82, 2.24) is 24.6 Å². The monoisotopic (exact) mass is 507 g/mol. The smallest absolute Gasteiger partial charge is 0.293 e. The van der Waals surface area contributed by atoms with Gasteiger partial charge in [0.15, 0.2) is 5.82 Å². The maximum Gasteiger partial charge on any atom is 0.293 e. The van der Waals surface area contributed by atoms with E-state index in [9.17, 15) is 13.6 Å². The van der Waals surface area contributed by atoms with Crippen molar-refractivity contribution < 1.29 is 18.0 Å². The first-order chi connectivity index (χ1) is 17.7. The van der Waals surface area contributed by atoms with Crippen molar-refractivity contribution in [1.29, 1.82) is 0 Å². The fourth-order valence-electron chi connectivity index (χ4n) is 4.91. The molecule has 8 nitrogen and oxygen atoms in total. The van der Waals surface area contributed by atoms with Crippen LogP contribution in [0.1, 0.15) is 23.4 Å². The van der Waals surface area contributed by atoms with Crippen LogP contribution in [0.15, 0.2) is 36.7 Å². The van der Waals surface area contributed by atoms with Gasteiger partial charge in [0, 0.05) is 73.6 Å². The van der Waals surface area contributed by atoms with Gasteiger partial charge in [0.1, 0.15) is 23.9 Å². The molecule has 4 aromatic rings. The number of rotatable bonds is 3. The van der Waals surface area contributed by atoms with E-state index in [1.165, 1.54) is 12.3 Å². The highest BCUT2D eigenvalue weighted by molar-refractivity contribution is 5.90. The van der Waals surface area contributed by atoms with Crippen LogP contribution in [0, 0.1) is 12.7 Å². The third-order valence-electron chi connectivity index (χ3n) is 7.06. The highest BCUT2D eigenvalue weighted by Gasteiger charge is 2.39. The van der Waals surface area contributed by atoms with Gasteiger partial charge in [0.05, 0.1) is 5.69 Å². The zero-order valence-corrected chi connectivity index (χ0v) is 20.3. The lowest BCUT2D eigenvalue weighted by Crippen LogP contribution is -2.29. The number of pyridine rings is 2. The number of likely N-dealkylation sites (N-methyl/N-ethyl adjacent to an activating group) is 1. The summed E-state index contributed by atoms with van der Waals surface area (Å²) < 4.78 is 45.5. The van der Waals surface area contributed by atoms with Crippen molar-refractivity contribution in [3.8, 4) is 11.1 Å². The minimum Gasteiger partial charge on any atom is -0.383 e. The molecule has 2 aliphatic heterocycles. The number of fused-ring (bicyclic) bond motifs is 3. The van der Waals surface area contributed by atoms with Crippen LogP contribution < -0.4 is 10.6 Å². The maximum absolute atomic E-state index is 15.2. The van der Waals surface area contributed by atoms with Crippen LogP contribution in [0.4, 0.5) is 30.5 Å². The van der Waals surface area contributed by atoms with E-state index in [1.807, 2.05) is 6.07 Å². The first kappa shape index (κ1) is 23.3. The highest BCUT2D eigenvalue weighted by atomic mass is 19.3. The third-order valence-corrected chi connectivity index (χ3v) is 7.06. The number of alkyl halides is 2. The van der Waals surface area contributed by atoms with Gasteiger partial charge in [-0.2, -0.15) is 13.9 Å². The fourth-order valence-corrected chi connectivity index (χ4v) is 4.91. The molecule has 0 saturated carbocycles. The molecule has 11 heteroatoms. The molecular weight excluding hydrogens is 483 g/mol. The molecule has 0 saturated heterocycles. The van der Waals surface area contributed by atoms with Crippen LogP contribution in [0.3, 0.4) is 0 Å². The summed E-state index contributed by atoms with van der Waals surface area (Å²) in [5, 5.41) is 12.0. The summed E-state index contributed by atoms with van der Waals surface area (Å²) in [5.74, 6) is -2.45. The molecule has 0 bridgehead atoms. The number of nitrogens with zero attached hydrogens (tertiary/aromatic N) is 5. The molecule has 5 heterocycles. The van der Waals surface area contributed by atoms with E-state index in [-0.39, 0.29) is 42.4 Å². The molecule has 0 spiro atoms. The maximum atomic E-state index is 15.2. The number of carbonyl (C=O) groups excluding carboxylic acids is 1. The summed E-state index contributed by atoms with van der Waals surface area (Å²) in [6.07, 6.45) is 3.24. The molecule has 0 aliphatic carbocycles. The molecular formula is C26H24F3N7O. The van der Waals surface area contributed by atoms with Crippen LogP contribution in [-0.2, 0) is 23.7 Å². The molecule has 6 rings (SSSR count). The summed E-state index contributed by atoms with van der Waals surface area (Å²) in [6, 6.07) is 6.71. The second-order valence-corrected chi connectivity index (χ2v) is 9.52. The number of amides is 1. The largest absolute Gasteiger partial charge is 0.383 e. The number of nitrogens with one attached hydrogen (secondary N) is 2. The lowest BCUT2D eigenvalue weighted by Gasteiger charge is -2.27. The highest BCUT2D eigenvalue weighted by Crippen LogP contribution is 2.43. The Morgan fingerprint density at radius 2 is 1.89 bits per heavy atom. The van der Waals surface area contributed by atoms with E-state index in [4.69, 9.17) is 0 Å². The number of anilines is 3. The number of benzene rings is 1. The second-order valence-electron chi connectivity index (χ2n) is 9.52. The molecule has 0 unspecified atom stereocenters. The van der Waals surface area contributed by atoms with Crippen molar-refractivity contribution in [3.63, 3.8) is 0 Å². The Kier molecular flexibility index (Phi) is 5.32. The minimum absolute atomic E-state index is 0.00216. The second kappa shape index (κ2) is 8.46. The molecule has 1 aromatic carbocycles. The third kappa shape index (κ3) is 4.04. The first-order valence-electron chi connectivity index (χ1n) is 12.0. The van der Waals surface area contributed by atoms with Crippen LogP contribution >= 0.6 is 0 Å². The minimum atomic E-state index is -3.02. The van der Waals surface area contributed by atoms with Gasteiger partial charge in [-0.1, -0.05) is 0 Å². The first-order valence-corrected chi connectivity index (χ1v) is 12.0. The van der Waals surface area contributed by atoms with Crippen molar-refractivity contribution in [3.05, 3.63) is 59.4 Å². The molecule has 2 aliphatic rings. The Hall–Kier alpha value is -4.15. The van der Waals surface area contributed by atoms with Crippen molar-refractivity contribution in [2.75, 3.05) is 30.8 Å². The number of hydrogen-bond donors (Lipinski definition) is 2. The quantitative estimate of drug-likeness (QED) is 0.421. The van der Waals surface area contributed by atoms with E-state index in [1.54, 1.807) is 41.9 Å². The van der Waals surface area contributed by atoms with Gasteiger partial charge in [-0.25, -0.2) is 9.37 Å². The van der Waals surface area contributed by atoms with E-state index in [2.05, 4.69) is 25.7 Å². The standard InChI is InChI=1S/C26H24F3N7O/c1-14-19(12-32-25-24(14)30-5-4-26(25,28)29)18-7-15-9-21(31-11-16(15)8-20(18)27)33-22-10-17-3-6-35(2)23(37)13-36(17)34-22/h7-12,30H,3-6,13H2,1-2H3,(H,31,33,34). The SMILES string of the molecule is Cc1c(-c2cc3cc(Nc4cc5n(n4)CC(=O)N(C)CC5)ncc3cc2F)cnc2c1NCCC2(F)F. The molecule has 0 fully saturated rings. The average Bonchev–Trinajstić information content (AvgIpc) is 3.17. The number of carbonyl (C=O) groups is 1. The zero-order chi connectivity index (χ0) is 25.9. The summed E-state index contributed by atoms with van der Waals surface area (Å²) >= 11 is 0. The lowest BCUT2D eigenvalue weighted by atomic mass is 9.94. The summed E-state index contributed by atoms with van der Waals surface area (Å²) in [5.41, 5.74) is 2.14. The van der Waals surface area contributed by atoms with E-state index in [0.717, 1.165) is 5.69 Å². The Bertz CT molecular complexity index is 1570. The van der Waals surface area contributed by atoms with E-state index < -0.39 is 11.7 Å². The number of halogens is 3. The molecule has 0 radical (unpaired) electrons. The molecule has 37 heavy (non-hydrogen) atoms. The topological polar surface area (TPSA) is 88.0 Å². The van der Waals surface area contributed by atoms with Gasteiger partial charge in [-0.05, 0) is 36.1 Å². The molecule has 1 amide bonds. The summed E-state index contributed by atoms with van der Waals surface area (Å²) in [4.78, 5) is 22.2. The normalized spacial score (nSPS) is 16.7. The van der Waals surface area contributed by atoms with Gasteiger partial charge in [-0.3, -0.25) is 14.5 Å². The summed E-state index contributed by atoms with van der Waals surface area (Å²) in [6.45, 7) is 2.61. The van der Waals surface area contributed by atoms with Gasteiger partial charge in [0.2, 0.25) is 5.91 Å². The number of aromatic nitrogens is 4. The molecule has 3 aromatic heterocycles. The van der Waals surface area contributed by atoms with Crippen molar-refractivity contribution >= 4 is 34.0 Å². The Morgan fingerprint density at radius 1 is 1.05 bits per heavy atom. The molecule has 2 N–H and O–H groups in total. The van der Waals surface area contributed by atoms with E-state index in [0.29, 0.717) is 46.5 Å². The average molecular weight is 508 g/mol. The van der Waals surface area contributed by atoms with E-state index >= 15 is 4.39 Å². The molecule has 0 atom stereocenters. The predicted molar refractivity (Wildman–Crippen MR) is 134 cm³/mol. The van der Waals surface area contributed by atoms with Crippen molar-refractivity contribution in [2.45, 2.75) is 32.2 Å². The molecule has 190 valence electrons. The van der Waals surface area contributed by atoms with Gasteiger partial charge in [-0.15, -0.1) is 0 Å². The Balaban J connectivity index is 1.34. The lowest BCUT2D eigenvalue weighted by molar-refractivity contribution is -0.130. The fraction of sp³-hybridized carbons (Fsp3) is 0.308. The van der Waals surface area contributed by atoms with Crippen LogP contribution in [0.2, 0.25) is 0 Å². The van der Waals surface area contributed by atoms with Gasteiger partial charge < -0.3 is 15.5 Å². The van der Waals surface area contributed by atoms with Gasteiger partial charge in [0.25, 0.3) is 5.92 Å². The van der Waals surface area contributed by atoms with Crippen LogP contribution in [0.5, 0.6) is 0 Å². The predicted octanol–water partition coefficient (Wildman–Crippen LogP) is 4.61. The zero-order valence-electron chi connectivity index (χ0n) is 20.3. The summed E-state index contributed by atoms with van der Waals surface area (Å²) in [7, 11) is 1.78. The van der Waals surface area contributed by atoms with Crippen molar-refractivity contribution in [2.24, 2.45) is 0 Å². The number of hydrogen-bond acceptors (Lipinski definition) is 6. The van der Waals surface area contributed by atoms with Crippen LogP contribution in [0.25, 0.3) is 21.9 Å². The van der Waals surface area contributed by atoms with Gasteiger partial charge >= 0.3 is 0 Å².